The van der Waals surface area contributed by atoms with Crippen LogP contribution in [0.4, 0.5) is 4.39 Å². The Morgan fingerprint density at radius 3 is 2.83 bits per heavy atom. The van der Waals surface area contributed by atoms with Crippen molar-refractivity contribution < 1.29 is 13.9 Å². The number of ether oxygens (including phenoxy) is 1. The van der Waals surface area contributed by atoms with Crippen molar-refractivity contribution in [3.8, 4) is 0 Å². The molecule has 3 rings (SSSR count). The number of esters is 1. The van der Waals surface area contributed by atoms with Crippen molar-refractivity contribution in [3.63, 3.8) is 0 Å². The number of hydrogen-bond acceptors (Lipinski definition) is 6. The fourth-order valence-corrected chi connectivity index (χ4v) is 2.84. The molecule has 2 heterocycles. The predicted molar refractivity (Wildman–Crippen MR) is 81.8 cm³/mol. The van der Waals surface area contributed by atoms with Crippen LogP contribution in [0.3, 0.4) is 0 Å². The zero-order valence-corrected chi connectivity index (χ0v) is 13.0. The first-order valence-corrected chi connectivity index (χ1v) is 7.59. The summed E-state index contributed by atoms with van der Waals surface area (Å²) in [6.07, 6.45) is 0.0441. The van der Waals surface area contributed by atoms with E-state index in [9.17, 15) is 14.0 Å². The van der Waals surface area contributed by atoms with Crippen molar-refractivity contribution in [2.75, 3.05) is 0 Å². The number of carbonyl (C=O) groups is 1. The average molecular weight is 333 g/mol. The summed E-state index contributed by atoms with van der Waals surface area (Å²) in [5.41, 5.74) is 1.00. The minimum absolute atomic E-state index is 0.0352. The quantitative estimate of drug-likeness (QED) is 0.682. The molecule has 8 heteroatoms. The molecule has 0 radical (unpaired) electrons. The van der Waals surface area contributed by atoms with E-state index >= 15 is 0 Å². The zero-order valence-electron chi connectivity index (χ0n) is 12.2. The Morgan fingerprint density at radius 2 is 2.09 bits per heavy atom. The fourth-order valence-electron chi connectivity index (χ4n) is 1.98. The van der Waals surface area contributed by atoms with Crippen molar-refractivity contribution in [1.29, 1.82) is 0 Å². The van der Waals surface area contributed by atoms with E-state index in [0.29, 0.717) is 21.2 Å². The topological polar surface area (TPSA) is 73.6 Å². The summed E-state index contributed by atoms with van der Waals surface area (Å²) in [6, 6.07) is 7.02. The molecular formula is C15H12FN3O3S. The van der Waals surface area contributed by atoms with Crippen molar-refractivity contribution in [3.05, 3.63) is 62.8 Å². The van der Waals surface area contributed by atoms with Gasteiger partial charge in [-0.05, 0) is 24.6 Å². The van der Waals surface area contributed by atoms with Gasteiger partial charge in [0.25, 0.3) is 5.56 Å². The van der Waals surface area contributed by atoms with Crippen LogP contribution in [-0.4, -0.2) is 20.6 Å². The second-order valence-corrected chi connectivity index (χ2v) is 5.93. The van der Waals surface area contributed by atoms with Crippen molar-refractivity contribution in [2.45, 2.75) is 20.0 Å². The van der Waals surface area contributed by atoms with Crippen LogP contribution in [0, 0.1) is 12.7 Å². The van der Waals surface area contributed by atoms with Gasteiger partial charge in [-0.2, -0.15) is 9.61 Å². The highest BCUT2D eigenvalue weighted by Crippen LogP contribution is 2.13. The lowest BCUT2D eigenvalue weighted by Gasteiger charge is -2.02. The van der Waals surface area contributed by atoms with Gasteiger partial charge in [-0.15, -0.1) is 0 Å². The summed E-state index contributed by atoms with van der Waals surface area (Å²) in [4.78, 5) is 28.2. The molecule has 0 aliphatic rings. The highest BCUT2D eigenvalue weighted by Gasteiger charge is 2.11. The third-order valence-electron chi connectivity index (χ3n) is 3.03. The summed E-state index contributed by atoms with van der Waals surface area (Å²) < 4.78 is 19.1. The van der Waals surface area contributed by atoms with Crippen LogP contribution in [0.2, 0.25) is 0 Å². The number of aryl methyl sites for hydroxylation is 1. The molecule has 0 spiro atoms. The smallest absolute Gasteiger partial charge is 0.310 e. The molecular weight excluding hydrogens is 321 g/mol. The van der Waals surface area contributed by atoms with Gasteiger partial charge in [-0.3, -0.25) is 9.59 Å². The fraction of sp³-hybridized carbons (Fsp3) is 0.200. The van der Waals surface area contributed by atoms with Crippen LogP contribution in [-0.2, 0) is 22.6 Å². The standard InChI is InChI=1S/C15H12FN3O3S/c1-9-6-13(20)19-15(17-9)23-12(18-19)8-22-14(21)7-10-2-4-11(16)5-3-10/h2-6H,7-8H2,1H3. The Morgan fingerprint density at radius 1 is 1.35 bits per heavy atom. The summed E-state index contributed by atoms with van der Waals surface area (Å²) in [5, 5.41) is 4.56. The van der Waals surface area contributed by atoms with Crippen LogP contribution in [0.5, 0.6) is 0 Å². The monoisotopic (exact) mass is 333 g/mol. The van der Waals surface area contributed by atoms with Gasteiger partial charge in [0.05, 0.1) is 6.42 Å². The number of halogens is 1. The van der Waals surface area contributed by atoms with E-state index in [4.69, 9.17) is 4.74 Å². The second-order valence-electron chi connectivity index (χ2n) is 4.89. The normalized spacial score (nSPS) is 10.9. The molecule has 0 amide bonds. The number of carbonyl (C=O) groups excluding carboxylic acids is 1. The third kappa shape index (κ3) is 3.59. The molecule has 23 heavy (non-hydrogen) atoms. The zero-order chi connectivity index (χ0) is 16.4. The molecule has 1 aromatic carbocycles. The van der Waals surface area contributed by atoms with E-state index in [0.717, 1.165) is 0 Å². The van der Waals surface area contributed by atoms with Crippen molar-refractivity contribution >= 4 is 22.3 Å². The van der Waals surface area contributed by atoms with E-state index < -0.39 is 5.97 Å². The van der Waals surface area contributed by atoms with Crippen LogP contribution >= 0.6 is 11.3 Å². The molecule has 0 aliphatic carbocycles. The average Bonchev–Trinajstić information content (AvgIpc) is 2.91. The van der Waals surface area contributed by atoms with Gasteiger partial charge in [-0.25, -0.2) is 9.37 Å². The van der Waals surface area contributed by atoms with E-state index in [2.05, 4.69) is 10.1 Å². The molecule has 0 N–H and O–H groups in total. The molecule has 118 valence electrons. The highest BCUT2D eigenvalue weighted by molar-refractivity contribution is 7.16. The Balaban J connectivity index is 1.66. The summed E-state index contributed by atoms with van der Waals surface area (Å²) in [7, 11) is 0. The highest BCUT2D eigenvalue weighted by atomic mass is 32.1. The maximum atomic E-state index is 12.8. The maximum absolute atomic E-state index is 12.8. The van der Waals surface area contributed by atoms with Gasteiger partial charge in [0.1, 0.15) is 12.4 Å². The van der Waals surface area contributed by atoms with Gasteiger partial charge in [-0.1, -0.05) is 23.5 Å². The van der Waals surface area contributed by atoms with Gasteiger partial charge in [0.2, 0.25) is 4.96 Å². The molecule has 0 fully saturated rings. The van der Waals surface area contributed by atoms with Crippen LogP contribution in [0.1, 0.15) is 16.3 Å². The van der Waals surface area contributed by atoms with Crippen LogP contribution < -0.4 is 5.56 Å². The molecule has 0 unspecified atom stereocenters. The Bertz CT molecular complexity index is 918. The lowest BCUT2D eigenvalue weighted by Crippen LogP contribution is -2.14. The molecule has 3 aromatic rings. The molecule has 6 nitrogen and oxygen atoms in total. The molecule has 2 aromatic heterocycles. The lowest BCUT2D eigenvalue weighted by atomic mass is 10.1. The van der Waals surface area contributed by atoms with E-state index in [1.165, 1.54) is 46.2 Å². The number of fused-ring (bicyclic) bond motifs is 1. The van der Waals surface area contributed by atoms with E-state index in [-0.39, 0.29) is 24.4 Å². The number of benzene rings is 1. The first kappa shape index (κ1) is 15.3. The number of hydrogen-bond donors (Lipinski definition) is 0. The Hall–Kier alpha value is -2.61. The minimum atomic E-state index is -0.452. The van der Waals surface area contributed by atoms with Gasteiger partial charge >= 0.3 is 5.97 Å². The van der Waals surface area contributed by atoms with E-state index in [1.54, 1.807) is 6.92 Å². The first-order valence-electron chi connectivity index (χ1n) is 6.78. The Labute approximate surface area is 134 Å². The molecule has 0 saturated heterocycles. The van der Waals surface area contributed by atoms with Crippen molar-refractivity contribution in [2.24, 2.45) is 0 Å². The van der Waals surface area contributed by atoms with E-state index in [1.807, 2.05) is 0 Å². The summed E-state index contributed by atoms with van der Waals surface area (Å²) in [5.74, 6) is -0.808. The lowest BCUT2D eigenvalue weighted by molar-refractivity contribution is -0.144. The second kappa shape index (κ2) is 6.25. The third-order valence-corrected chi connectivity index (χ3v) is 3.92. The van der Waals surface area contributed by atoms with Crippen LogP contribution in [0.25, 0.3) is 4.96 Å². The van der Waals surface area contributed by atoms with Gasteiger partial charge < -0.3 is 4.74 Å². The maximum Gasteiger partial charge on any atom is 0.310 e. The van der Waals surface area contributed by atoms with Crippen LogP contribution in [0.15, 0.2) is 35.1 Å². The SMILES string of the molecule is Cc1cc(=O)n2nc(COC(=O)Cc3ccc(F)cc3)sc2n1. The molecule has 0 atom stereocenters. The molecule has 0 bridgehead atoms. The van der Waals surface area contributed by atoms with Gasteiger partial charge in [0, 0.05) is 11.8 Å². The predicted octanol–water partition coefficient (Wildman–Crippen LogP) is 1.88. The summed E-state index contributed by atoms with van der Waals surface area (Å²) in [6.45, 7) is 1.69. The number of rotatable bonds is 4. The summed E-state index contributed by atoms with van der Waals surface area (Å²) >= 11 is 1.19. The molecule has 0 saturated carbocycles. The van der Waals surface area contributed by atoms with Gasteiger partial charge in [0.15, 0.2) is 5.01 Å². The van der Waals surface area contributed by atoms with Crippen molar-refractivity contribution in [1.82, 2.24) is 14.6 Å². The Kier molecular flexibility index (Phi) is 4.16. The molecule has 0 aliphatic heterocycles. The largest absolute Gasteiger partial charge is 0.458 e. The first-order chi connectivity index (χ1) is 11.0. The minimum Gasteiger partial charge on any atom is -0.458 e. The number of aromatic nitrogens is 3. The number of nitrogens with zero attached hydrogens (tertiary/aromatic N) is 3.